The monoisotopic (exact) mass is 371 g/mol. The summed E-state index contributed by atoms with van der Waals surface area (Å²) in [5.74, 6) is 1.94. The SMILES string of the molecule is CC(C)c1nc2c(c(N3CCCC(C(=O)N4CCCC4)C3)n1)CCNC2=O. The van der Waals surface area contributed by atoms with Crippen molar-refractivity contribution >= 4 is 17.6 Å². The highest BCUT2D eigenvalue weighted by Crippen LogP contribution is 2.30. The van der Waals surface area contributed by atoms with E-state index < -0.39 is 0 Å². The topological polar surface area (TPSA) is 78.4 Å². The molecule has 1 aromatic rings. The number of aromatic nitrogens is 2. The van der Waals surface area contributed by atoms with Crippen molar-refractivity contribution < 1.29 is 9.59 Å². The number of rotatable bonds is 3. The van der Waals surface area contributed by atoms with E-state index in [9.17, 15) is 9.59 Å². The molecule has 2 saturated heterocycles. The number of carbonyl (C=O) groups excluding carboxylic acids is 2. The van der Waals surface area contributed by atoms with Gasteiger partial charge in [-0.25, -0.2) is 9.97 Å². The summed E-state index contributed by atoms with van der Waals surface area (Å²) in [4.78, 5) is 38.9. The smallest absolute Gasteiger partial charge is 0.270 e. The van der Waals surface area contributed by atoms with Crippen LogP contribution in [-0.4, -0.2) is 59.4 Å². The van der Waals surface area contributed by atoms with Crippen molar-refractivity contribution in [3.63, 3.8) is 0 Å². The van der Waals surface area contributed by atoms with Gasteiger partial charge < -0.3 is 15.1 Å². The maximum Gasteiger partial charge on any atom is 0.270 e. The number of piperidine rings is 1. The van der Waals surface area contributed by atoms with E-state index >= 15 is 0 Å². The molecule has 4 heterocycles. The van der Waals surface area contributed by atoms with Gasteiger partial charge in [-0.15, -0.1) is 0 Å². The molecular formula is C20H29N5O2. The molecule has 1 atom stereocenters. The first-order valence-electron chi connectivity index (χ1n) is 10.3. The normalized spacial score (nSPS) is 22.8. The fourth-order valence-corrected chi connectivity index (χ4v) is 4.38. The van der Waals surface area contributed by atoms with Crippen molar-refractivity contribution in [3.05, 3.63) is 17.1 Å². The lowest BCUT2D eigenvalue weighted by molar-refractivity contribution is -0.134. The molecule has 1 N–H and O–H groups in total. The number of anilines is 1. The highest BCUT2D eigenvalue weighted by molar-refractivity contribution is 5.96. The molecule has 4 rings (SSSR count). The first-order chi connectivity index (χ1) is 13.0. The summed E-state index contributed by atoms with van der Waals surface area (Å²) in [5, 5.41) is 2.89. The summed E-state index contributed by atoms with van der Waals surface area (Å²) in [5.41, 5.74) is 1.46. The van der Waals surface area contributed by atoms with Crippen LogP contribution in [0, 0.1) is 5.92 Å². The molecule has 0 radical (unpaired) electrons. The van der Waals surface area contributed by atoms with E-state index in [0.717, 1.165) is 63.1 Å². The average molecular weight is 371 g/mol. The lowest BCUT2D eigenvalue weighted by Crippen LogP contribution is -2.45. The quantitative estimate of drug-likeness (QED) is 0.875. The number of nitrogens with one attached hydrogen (secondary N) is 1. The van der Waals surface area contributed by atoms with Gasteiger partial charge in [-0.3, -0.25) is 9.59 Å². The van der Waals surface area contributed by atoms with Crippen LogP contribution in [0.2, 0.25) is 0 Å². The van der Waals surface area contributed by atoms with Crippen molar-refractivity contribution in [2.24, 2.45) is 5.92 Å². The van der Waals surface area contributed by atoms with Crippen molar-refractivity contribution in [1.82, 2.24) is 20.2 Å². The van der Waals surface area contributed by atoms with E-state index in [1.807, 2.05) is 18.7 Å². The zero-order valence-electron chi connectivity index (χ0n) is 16.3. The number of hydrogen-bond donors (Lipinski definition) is 1. The Balaban J connectivity index is 1.63. The summed E-state index contributed by atoms with van der Waals surface area (Å²) in [6.07, 6.45) is 4.90. The zero-order chi connectivity index (χ0) is 19.0. The van der Waals surface area contributed by atoms with Gasteiger partial charge in [-0.1, -0.05) is 13.8 Å². The second kappa shape index (κ2) is 7.44. The lowest BCUT2D eigenvalue weighted by Gasteiger charge is -2.36. The summed E-state index contributed by atoms with van der Waals surface area (Å²) >= 11 is 0. The van der Waals surface area contributed by atoms with Gasteiger partial charge in [-0.2, -0.15) is 0 Å². The maximum absolute atomic E-state index is 12.9. The predicted molar refractivity (Wildman–Crippen MR) is 103 cm³/mol. The van der Waals surface area contributed by atoms with Gasteiger partial charge in [0.25, 0.3) is 5.91 Å². The van der Waals surface area contributed by atoms with Crippen LogP contribution >= 0.6 is 0 Å². The van der Waals surface area contributed by atoms with Crippen molar-refractivity contribution in [2.45, 2.75) is 51.9 Å². The Morgan fingerprint density at radius 3 is 2.67 bits per heavy atom. The lowest BCUT2D eigenvalue weighted by atomic mass is 9.95. The van der Waals surface area contributed by atoms with Crippen molar-refractivity contribution in [2.75, 3.05) is 37.6 Å². The minimum absolute atomic E-state index is 0.0300. The van der Waals surface area contributed by atoms with Crippen LogP contribution in [0.25, 0.3) is 0 Å². The Hall–Kier alpha value is -2.18. The third kappa shape index (κ3) is 3.51. The van der Waals surface area contributed by atoms with E-state index in [1.165, 1.54) is 0 Å². The van der Waals surface area contributed by atoms with Crippen molar-refractivity contribution in [1.29, 1.82) is 0 Å². The van der Waals surface area contributed by atoms with E-state index in [-0.39, 0.29) is 17.7 Å². The van der Waals surface area contributed by atoms with E-state index in [4.69, 9.17) is 4.98 Å². The van der Waals surface area contributed by atoms with Gasteiger partial charge in [0, 0.05) is 44.2 Å². The van der Waals surface area contributed by atoms with Crippen LogP contribution in [0.1, 0.15) is 67.3 Å². The molecule has 2 fully saturated rings. The fraction of sp³-hybridized carbons (Fsp3) is 0.700. The first kappa shape index (κ1) is 18.2. The highest BCUT2D eigenvalue weighted by atomic mass is 16.2. The minimum atomic E-state index is -0.108. The second-order valence-electron chi connectivity index (χ2n) is 8.21. The number of likely N-dealkylation sites (tertiary alicyclic amines) is 1. The summed E-state index contributed by atoms with van der Waals surface area (Å²) < 4.78 is 0. The molecule has 0 aliphatic carbocycles. The molecule has 7 nitrogen and oxygen atoms in total. The molecule has 1 unspecified atom stereocenters. The van der Waals surface area contributed by atoms with Crippen LogP contribution in [0.4, 0.5) is 5.82 Å². The van der Waals surface area contributed by atoms with Gasteiger partial charge in [0.05, 0.1) is 5.92 Å². The molecule has 0 aromatic carbocycles. The Kier molecular flexibility index (Phi) is 5.02. The Morgan fingerprint density at radius 1 is 1.15 bits per heavy atom. The minimum Gasteiger partial charge on any atom is -0.355 e. The molecule has 27 heavy (non-hydrogen) atoms. The number of fused-ring (bicyclic) bond motifs is 1. The zero-order valence-corrected chi connectivity index (χ0v) is 16.3. The van der Waals surface area contributed by atoms with E-state index in [0.29, 0.717) is 30.5 Å². The van der Waals surface area contributed by atoms with Gasteiger partial charge in [-0.05, 0) is 32.1 Å². The second-order valence-corrected chi connectivity index (χ2v) is 8.21. The molecule has 0 spiro atoms. The number of hydrogen-bond acceptors (Lipinski definition) is 5. The molecule has 0 saturated carbocycles. The van der Waals surface area contributed by atoms with Crippen LogP contribution in [-0.2, 0) is 11.2 Å². The predicted octanol–water partition coefficient (Wildman–Crippen LogP) is 1.72. The van der Waals surface area contributed by atoms with Gasteiger partial charge >= 0.3 is 0 Å². The van der Waals surface area contributed by atoms with Crippen LogP contribution in [0.5, 0.6) is 0 Å². The number of nitrogens with zero attached hydrogens (tertiary/aromatic N) is 4. The largest absolute Gasteiger partial charge is 0.355 e. The summed E-state index contributed by atoms with van der Waals surface area (Å²) in [6, 6.07) is 0. The molecule has 7 heteroatoms. The number of amides is 2. The third-order valence-corrected chi connectivity index (χ3v) is 5.88. The van der Waals surface area contributed by atoms with Crippen LogP contribution < -0.4 is 10.2 Å². The highest BCUT2D eigenvalue weighted by Gasteiger charge is 2.33. The van der Waals surface area contributed by atoms with E-state index in [1.54, 1.807) is 0 Å². The standard InChI is InChI=1S/C20H29N5O2/c1-13(2)17-22-16-15(7-8-21-19(16)26)18(23-17)25-11-5-6-14(12-25)20(27)24-9-3-4-10-24/h13-14H,3-12H2,1-2H3,(H,21,26). The Morgan fingerprint density at radius 2 is 1.93 bits per heavy atom. The molecule has 1 aromatic heterocycles. The van der Waals surface area contributed by atoms with Gasteiger partial charge in [0.15, 0.2) is 0 Å². The molecule has 3 aliphatic heterocycles. The third-order valence-electron chi connectivity index (χ3n) is 5.88. The summed E-state index contributed by atoms with van der Waals surface area (Å²) in [6.45, 7) is 8.08. The van der Waals surface area contributed by atoms with Crippen molar-refractivity contribution in [3.8, 4) is 0 Å². The van der Waals surface area contributed by atoms with Crippen LogP contribution in [0.15, 0.2) is 0 Å². The number of carbonyl (C=O) groups is 2. The maximum atomic E-state index is 12.9. The molecule has 0 bridgehead atoms. The molecule has 146 valence electrons. The molecular weight excluding hydrogens is 342 g/mol. The Bertz CT molecular complexity index is 742. The van der Waals surface area contributed by atoms with Crippen LogP contribution in [0.3, 0.4) is 0 Å². The fourth-order valence-electron chi connectivity index (χ4n) is 4.38. The van der Waals surface area contributed by atoms with Gasteiger partial charge in [0.2, 0.25) is 5.91 Å². The van der Waals surface area contributed by atoms with Gasteiger partial charge in [0.1, 0.15) is 17.3 Å². The average Bonchev–Trinajstić information content (AvgIpc) is 3.22. The molecule has 2 amide bonds. The molecule has 3 aliphatic rings. The Labute approximate surface area is 160 Å². The first-order valence-corrected chi connectivity index (χ1v) is 10.3. The summed E-state index contributed by atoms with van der Waals surface area (Å²) in [7, 11) is 0. The van der Waals surface area contributed by atoms with E-state index in [2.05, 4.69) is 15.2 Å².